The second kappa shape index (κ2) is 4.22. The van der Waals surface area contributed by atoms with Crippen molar-refractivity contribution in [2.75, 3.05) is 20.3 Å². The van der Waals surface area contributed by atoms with Crippen LogP contribution < -0.4 is 9.44 Å². The summed E-state index contributed by atoms with van der Waals surface area (Å²) in [6, 6.07) is -0.704. The monoisotopic (exact) mass is 224 g/mol. The van der Waals surface area contributed by atoms with Crippen molar-refractivity contribution < 1.29 is 23.1 Å². The van der Waals surface area contributed by atoms with Crippen LogP contribution in [-0.2, 0) is 19.7 Å². The predicted octanol–water partition coefficient (Wildman–Crippen LogP) is -1.86. The van der Waals surface area contributed by atoms with Crippen molar-refractivity contribution in [1.29, 1.82) is 0 Å². The van der Waals surface area contributed by atoms with Crippen molar-refractivity contribution >= 4 is 16.2 Å². The molecule has 0 spiro atoms. The lowest BCUT2D eigenvalue weighted by atomic mass is 10.1. The molecule has 1 aliphatic rings. The fraction of sp³-hybridized carbons (Fsp3) is 0.833. The quantitative estimate of drug-likeness (QED) is 0.519. The van der Waals surface area contributed by atoms with E-state index < -0.39 is 28.1 Å². The summed E-state index contributed by atoms with van der Waals surface area (Å²) in [5.74, 6) is -1.88. The van der Waals surface area contributed by atoms with Gasteiger partial charge in [0.15, 0.2) is 0 Å². The van der Waals surface area contributed by atoms with Crippen LogP contribution in [0.25, 0.3) is 0 Å². The third kappa shape index (κ3) is 2.64. The summed E-state index contributed by atoms with van der Waals surface area (Å²) in [7, 11) is -2.37. The molecule has 1 aliphatic heterocycles. The minimum absolute atomic E-state index is 0.0340. The van der Waals surface area contributed by atoms with Crippen molar-refractivity contribution in [3.63, 3.8) is 0 Å². The number of hydrogen-bond acceptors (Lipinski definition) is 4. The highest BCUT2D eigenvalue weighted by molar-refractivity contribution is 7.87. The summed E-state index contributed by atoms with van der Waals surface area (Å²) in [6.07, 6.45) is 0. The van der Waals surface area contributed by atoms with E-state index in [1.807, 2.05) is 4.72 Å². The Balaban J connectivity index is 2.65. The third-order valence-corrected chi connectivity index (χ3v) is 3.12. The van der Waals surface area contributed by atoms with Gasteiger partial charge in [0.2, 0.25) is 0 Å². The van der Waals surface area contributed by atoms with E-state index in [2.05, 4.69) is 4.72 Å². The third-order valence-electron chi connectivity index (χ3n) is 1.97. The van der Waals surface area contributed by atoms with Gasteiger partial charge in [0.25, 0.3) is 10.2 Å². The Bertz CT molecular complexity index is 314. The summed E-state index contributed by atoms with van der Waals surface area (Å²) in [5, 5.41) is 8.72. The first-order valence-electron chi connectivity index (χ1n) is 3.97. The molecular formula is C6H12N2O5S. The number of nitrogens with one attached hydrogen (secondary N) is 2. The molecule has 2 unspecified atom stereocenters. The SMILES string of the molecule is CNS(=O)(=O)NC1COCC1C(=O)O. The molecule has 0 radical (unpaired) electrons. The minimum atomic E-state index is -3.61. The maximum Gasteiger partial charge on any atom is 0.310 e. The van der Waals surface area contributed by atoms with Gasteiger partial charge >= 0.3 is 5.97 Å². The van der Waals surface area contributed by atoms with Gasteiger partial charge < -0.3 is 9.84 Å². The topological polar surface area (TPSA) is 105 Å². The lowest BCUT2D eigenvalue weighted by molar-refractivity contribution is -0.142. The number of aliphatic carboxylic acids is 1. The molecule has 8 heteroatoms. The highest BCUT2D eigenvalue weighted by Gasteiger charge is 2.36. The smallest absolute Gasteiger partial charge is 0.310 e. The molecule has 7 nitrogen and oxygen atoms in total. The van der Waals surface area contributed by atoms with Crippen LogP contribution in [-0.4, -0.2) is 45.8 Å². The van der Waals surface area contributed by atoms with E-state index in [0.717, 1.165) is 0 Å². The van der Waals surface area contributed by atoms with Gasteiger partial charge in [0.1, 0.15) is 0 Å². The zero-order valence-electron chi connectivity index (χ0n) is 7.56. The van der Waals surface area contributed by atoms with Crippen molar-refractivity contribution in [3.8, 4) is 0 Å². The second-order valence-electron chi connectivity index (χ2n) is 2.91. The molecule has 0 aromatic heterocycles. The molecule has 1 saturated heterocycles. The molecule has 0 aromatic rings. The molecule has 0 aliphatic carbocycles. The summed E-state index contributed by atoms with van der Waals surface area (Å²) >= 11 is 0. The highest BCUT2D eigenvalue weighted by Crippen LogP contribution is 2.14. The minimum Gasteiger partial charge on any atom is -0.481 e. The normalized spacial score (nSPS) is 27.8. The van der Waals surface area contributed by atoms with E-state index >= 15 is 0 Å². The molecule has 1 heterocycles. The van der Waals surface area contributed by atoms with Crippen molar-refractivity contribution in [1.82, 2.24) is 9.44 Å². The number of ether oxygens (including phenoxy) is 1. The predicted molar refractivity (Wildman–Crippen MR) is 46.8 cm³/mol. The van der Waals surface area contributed by atoms with Crippen LogP contribution >= 0.6 is 0 Å². The van der Waals surface area contributed by atoms with E-state index in [1.165, 1.54) is 7.05 Å². The molecule has 0 amide bonds. The van der Waals surface area contributed by atoms with Crippen LogP contribution in [0.5, 0.6) is 0 Å². The van der Waals surface area contributed by atoms with Gasteiger partial charge in [0, 0.05) is 7.05 Å². The average Bonchev–Trinajstić information content (AvgIpc) is 2.51. The van der Waals surface area contributed by atoms with Crippen LogP contribution in [0, 0.1) is 5.92 Å². The van der Waals surface area contributed by atoms with Gasteiger partial charge in [-0.3, -0.25) is 4.79 Å². The van der Waals surface area contributed by atoms with Crippen LogP contribution in [0.3, 0.4) is 0 Å². The first kappa shape index (κ1) is 11.4. The molecule has 0 bridgehead atoms. The Morgan fingerprint density at radius 1 is 1.50 bits per heavy atom. The zero-order chi connectivity index (χ0) is 10.8. The first-order valence-corrected chi connectivity index (χ1v) is 5.46. The van der Waals surface area contributed by atoms with Crippen LogP contribution in [0.4, 0.5) is 0 Å². The summed E-state index contributed by atoms with van der Waals surface area (Å²) in [5.41, 5.74) is 0. The maximum atomic E-state index is 11.1. The van der Waals surface area contributed by atoms with E-state index in [9.17, 15) is 13.2 Å². The van der Waals surface area contributed by atoms with Gasteiger partial charge in [-0.05, 0) is 0 Å². The van der Waals surface area contributed by atoms with Crippen LogP contribution in [0.2, 0.25) is 0 Å². The lowest BCUT2D eigenvalue weighted by Crippen LogP contribution is -2.46. The van der Waals surface area contributed by atoms with E-state index in [4.69, 9.17) is 9.84 Å². The molecule has 82 valence electrons. The van der Waals surface area contributed by atoms with E-state index in [0.29, 0.717) is 0 Å². The molecule has 0 aromatic carbocycles. The molecule has 3 N–H and O–H groups in total. The van der Waals surface area contributed by atoms with Gasteiger partial charge in [-0.25, -0.2) is 4.72 Å². The van der Waals surface area contributed by atoms with Gasteiger partial charge in [-0.15, -0.1) is 0 Å². The largest absolute Gasteiger partial charge is 0.481 e. The Hall–Kier alpha value is -0.700. The van der Waals surface area contributed by atoms with Crippen LogP contribution in [0.15, 0.2) is 0 Å². The second-order valence-corrected chi connectivity index (χ2v) is 4.56. The number of hydrogen-bond donors (Lipinski definition) is 3. The van der Waals surface area contributed by atoms with Crippen molar-refractivity contribution in [2.24, 2.45) is 5.92 Å². The lowest BCUT2D eigenvalue weighted by Gasteiger charge is -2.14. The van der Waals surface area contributed by atoms with Crippen molar-refractivity contribution in [3.05, 3.63) is 0 Å². The standard InChI is InChI=1S/C6H12N2O5S/c1-7-14(11,12)8-5-3-13-2-4(5)6(9)10/h4-5,7-8H,2-3H2,1H3,(H,9,10). The molecule has 1 fully saturated rings. The first-order chi connectivity index (χ1) is 6.46. The van der Waals surface area contributed by atoms with E-state index in [-0.39, 0.29) is 13.2 Å². The zero-order valence-corrected chi connectivity index (χ0v) is 8.37. The highest BCUT2D eigenvalue weighted by atomic mass is 32.2. The maximum absolute atomic E-state index is 11.1. The number of carbonyl (C=O) groups is 1. The Morgan fingerprint density at radius 2 is 2.14 bits per heavy atom. The fourth-order valence-electron chi connectivity index (χ4n) is 1.17. The Morgan fingerprint density at radius 3 is 2.64 bits per heavy atom. The molecule has 1 rings (SSSR count). The molecule has 2 atom stereocenters. The fourth-order valence-corrected chi connectivity index (χ4v) is 1.92. The number of carboxylic acid groups (broad SMARTS) is 1. The number of carboxylic acids is 1. The molecule has 0 saturated carbocycles. The summed E-state index contributed by atoms with van der Waals surface area (Å²) in [6.45, 7) is 0.115. The number of rotatable bonds is 4. The summed E-state index contributed by atoms with van der Waals surface area (Å²) < 4.78 is 31.2. The van der Waals surface area contributed by atoms with Gasteiger partial charge in [-0.1, -0.05) is 0 Å². The van der Waals surface area contributed by atoms with Crippen LogP contribution in [0.1, 0.15) is 0 Å². The van der Waals surface area contributed by atoms with Crippen molar-refractivity contribution in [2.45, 2.75) is 6.04 Å². The van der Waals surface area contributed by atoms with Gasteiger partial charge in [0.05, 0.1) is 25.2 Å². The van der Waals surface area contributed by atoms with E-state index in [1.54, 1.807) is 0 Å². The van der Waals surface area contributed by atoms with Gasteiger partial charge in [-0.2, -0.15) is 13.1 Å². The Labute approximate surface area is 81.6 Å². The average molecular weight is 224 g/mol. The Kier molecular flexibility index (Phi) is 3.43. The summed E-state index contributed by atoms with van der Waals surface area (Å²) in [4.78, 5) is 10.7. The molecular weight excluding hydrogens is 212 g/mol. The molecule has 14 heavy (non-hydrogen) atoms.